The number of nitrogens with zero attached hydrogens (tertiary/aromatic N) is 1. The Labute approximate surface area is 115 Å². The van der Waals surface area contributed by atoms with Gasteiger partial charge in [0.15, 0.2) is 0 Å². The Bertz CT molecular complexity index is 618. The molecule has 0 radical (unpaired) electrons. The molecule has 0 aliphatic heterocycles. The molecule has 0 aliphatic carbocycles. The van der Waals surface area contributed by atoms with E-state index in [0.29, 0.717) is 6.07 Å². The first-order chi connectivity index (χ1) is 9.09. The van der Waals surface area contributed by atoms with Crippen LogP contribution in [0.3, 0.4) is 0 Å². The van der Waals surface area contributed by atoms with E-state index in [0.717, 1.165) is 12.1 Å². The normalized spacial score (nSPS) is 14.1. The maximum absolute atomic E-state index is 12.8. The van der Waals surface area contributed by atoms with Gasteiger partial charge in [0, 0.05) is 0 Å². The fraction of sp³-hybridized carbons (Fsp3) is 0.417. The Morgan fingerprint density at radius 3 is 2.25 bits per heavy atom. The minimum atomic E-state index is -4.79. The van der Waals surface area contributed by atoms with Crippen molar-refractivity contribution in [1.82, 2.24) is 4.72 Å². The smallest absolute Gasteiger partial charge is 0.207 e. The molecule has 1 aromatic carbocycles. The van der Waals surface area contributed by atoms with Crippen molar-refractivity contribution in [1.29, 1.82) is 5.26 Å². The third-order valence-corrected chi connectivity index (χ3v) is 4.07. The third kappa shape index (κ3) is 3.71. The highest BCUT2D eigenvalue weighted by Gasteiger charge is 2.37. The van der Waals surface area contributed by atoms with Gasteiger partial charge in [-0.05, 0) is 18.1 Å². The van der Waals surface area contributed by atoms with E-state index in [1.54, 1.807) is 19.9 Å². The molecular formula is C12H13F3N2O2S. The van der Waals surface area contributed by atoms with Crippen LogP contribution in [0, 0.1) is 17.2 Å². The van der Waals surface area contributed by atoms with E-state index in [1.807, 2.05) is 4.72 Å². The van der Waals surface area contributed by atoms with Crippen LogP contribution in [0.25, 0.3) is 0 Å². The summed E-state index contributed by atoms with van der Waals surface area (Å²) in [5, 5.41) is 8.84. The lowest BCUT2D eigenvalue weighted by molar-refractivity contribution is -0.139. The highest BCUT2D eigenvalue weighted by atomic mass is 32.2. The highest BCUT2D eigenvalue weighted by molar-refractivity contribution is 7.89. The van der Waals surface area contributed by atoms with E-state index in [2.05, 4.69) is 0 Å². The van der Waals surface area contributed by atoms with Gasteiger partial charge in [-0.15, -0.1) is 0 Å². The second-order valence-electron chi connectivity index (χ2n) is 4.47. The molecule has 1 N–H and O–H groups in total. The summed E-state index contributed by atoms with van der Waals surface area (Å²) in [5.41, 5.74) is -1.26. The lowest BCUT2D eigenvalue weighted by Gasteiger charge is -2.17. The first-order valence-electron chi connectivity index (χ1n) is 5.67. The number of alkyl halides is 3. The molecule has 0 aromatic heterocycles. The largest absolute Gasteiger partial charge is 0.417 e. The SMILES string of the molecule is CC(C)C(C#N)NS(=O)(=O)c1ccccc1C(F)(F)F. The van der Waals surface area contributed by atoms with E-state index in [9.17, 15) is 21.6 Å². The number of sulfonamides is 1. The fourth-order valence-corrected chi connectivity index (χ4v) is 2.99. The highest BCUT2D eigenvalue weighted by Crippen LogP contribution is 2.33. The summed E-state index contributed by atoms with van der Waals surface area (Å²) in [6, 6.07) is 4.46. The monoisotopic (exact) mass is 306 g/mol. The van der Waals surface area contributed by atoms with Crippen LogP contribution >= 0.6 is 0 Å². The van der Waals surface area contributed by atoms with Gasteiger partial charge in [-0.1, -0.05) is 26.0 Å². The van der Waals surface area contributed by atoms with Crippen molar-refractivity contribution in [3.05, 3.63) is 29.8 Å². The molecule has 110 valence electrons. The first kappa shape index (κ1) is 16.5. The summed E-state index contributed by atoms with van der Waals surface area (Å²) in [5.74, 6) is -0.368. The quantitative estimate of drug-likeness (QED) is 0.929. The number of rotatable bonds is 4. The maximum atomic E-state index is 12.8. The second-order valence-corrected chi connectivity index (χ2v) is 6.15. The zero-order valence-electron chi connectivity index (χ0n) is 10.8. The Balaban J connectivity index is 3.28. The molecule has 0 fully saturated rings. The molecule has 0 heterocycles. The van der Waals surface area contributed by atoms with Gasteiger partial charge < -0.3 is 0 Å². The van der Waals surface area contributed by atoms with Gasteiger partial charge in [0.2, 0.25) is 10.0 Å². The van der Waals surface area contributed by atoms with Gasteiger partial charge in [-0.2, -0.15) is 23.2 Å². The van der Waals surface area contributed by atoms with Gasteiger partial charge >= 0.3 is 6.18 Å². The van der Waals surface area contributed by atoms with Crippen molar-refractivity contribution < 1.29 is 21.6 Å². The molecule has 1 atom stereocenters. The number of hydrogen-bond acceptors (Lipinski definition) is 3. The van der Waals surface area contributed by atoms with Crippen LogP contribution in [0.1, 0.15) is 19.4 Å². The maximum Gasteiger partial charge on any atom is 0.417 e. The molecule has 0 spiro atoms. The van der Waals surface area contributed by atoms with Crippen LogP contribution in [-0.4, -0.2) is 14.5 Å². The van der Waals surface area contributed by atoms with Crippen LogP contribution in [0.15, 0.2) is 29.2 Å². The van der Waals surface area contributed by atoms with Gasteiger partial charge in [0.05, 0.1) is 16.5 Å². The molecule has 1 rings (SSSR count). The Hall–Kier alpha value is -1.59. The van der Waals surface area contributed by atoms with Crippen LogP contribution in [0.5, 0.6) is 0 Å². The van der Waals surface area contributed by atoms with Gasteiger partial charge in [0.25, 0.3) is 0 Å². The molecule has 0 saturated carbocycles. The number of nitrogens with one attached hydrogen (secondary N) is 1. The summed E-state index contributed by atoms with van der Waals surface area (Å²) in [6.45, 7) is 3.18. The summed E-state index contributed by atoms with van der Waals surface area (Å²) in [6.07, 6.45) is -4.79. The molecule has 8 heteroatoms. The average molecular weight is 306 g/mol. The van der Waals surface area contributed by atoms with E-state index in [1.165, 1.54) is 6.07 Å². The molecular weight excluding hydrogens is 293 g/mol. The average Bonchev–Trinajstić information content (AvgIpc) is 2.34. The molecule has 1 aromatic rings. The predicted octanol–water partition coefficient (Wildman–Crippen LogP) is 2.53. The predicted molar refractivity (Wildman–Crippen MR) is 66.0 cm³/mol. The number of benzene rings is 1. The lowest BCUT2D eigenvalue weighted by Crippen LogP contribution is -2.38. The lowest BCUT2D eigenvalue weighted by atomic mass is 10.1. The number of halogens is 3. The van der Waals surface area contributed by atoms with Crippen molar-refractivity contribution in [2.45, 2.75) is 31.0 Å². The van der Waals surface area contributed by atoms with Crippen LogP contribution < -0.4 is 4.72 Å². The molecule has 0 amide bonds. The van der Waals surface area contributed by atoms with Crippen molar-refractivity contribution in [3.8, 4) is 6.07 Å². The Morgan fingerprint density at radius 2 is 1.80 bits per heavy atom. The minimum Gasteiger partial charge on any atom is -0.207 e. The zero-order valence-corrected chi connectivity index (χ0v) is 11.6. The summed E-state index contributed by atoms with van der Waals surface area (Å²) in [7, 11) is -4.42. The van der Waals surface area contributed by atoms with Crippen LogP contribution in [0.2, 0.25) is 0 Å². The van der Waals surface area contributed by atoms with Crippen molar-refractivity contribution in [2.75, 3.05) is 0 Å². The first-order valence-corrected chi connectivity index (χ1v) is 7.16. The third-order valence-electron chi connectivity index (χ3n) is 2.57. The molecule has 1 unspecified atom stereocenters. The number of nitriles is 1. The second kappa shape index (κ2) is 5.81. The molecule has 0 bridgehead atoms. The fourth-order valence-electron chi connectivity index (χ4n) is 1.48. The Kier molecular flexibility index (Phi) is 4.78. The molecule has 0 saturated heterocycles. The summed E-state index contributed by atoms with van der Waals surface area (Å²) >= 11 is 0. The summed E-state index contributed by atoms with van der Waals surface area (Å²) < 4.78 is 64.4. The van der Waals surface area contributed by atoms with E-state index >= 15 is 0 Å². The minimum absolute atomic E-state index is 0.368. The van der Waals surface area contributed by atoms with Crippen LogP contribution in [0.4, 0.5) is 13.2 Å². The van der Waals surface area contributed by atoms with Gasteiger partial charge in [-0.25, -0.2) is 8.42 Å². The van der Waals surface area contributed by atoms with Crippen LogP contribution in [-0.2, 0) is 16.2 Å². The van der Waals surface area contributed by atoms with Gasteiger partial charge in [-0.3, -0.25) is 0 Å². The zero-order chi connectivity index (χ0) is 15.6. The number of hydrogen-bond donors (Lipinski definition) is 1. The molecule has 4 nitrogen and oxygen atoms in total. The van der Waals surface area contributed by atoms with E-state index in [-0.39, 0.29) is 5.92 Å². The van der Waals surface area contributed by atoms with Crippen molar-refractivity contribution >= 4 is 10.0 Å². The molecule has 20 heavy (non-hydrogen) atoms. The van der Waals surface area contributed by atoms with Gasteiger partial charge in [0.1, 0.15) is 6.04 Å². The van der Waals surface area contributed by atoms with E-state index < -0.39 is 32.7 Å². The van der Waals surface area contributed by atoms with Crippen molar-refractivity contribution in [2.24, 2.45) is 5.92 Å². The summed E-state index contributed by atoms with van der Waals surface area (Å²) in [4.78, 5) is -0.881. The van der Waals surface area contributed by atoms with Crippen molar-refractivity contribution in [3.63, 3.8) is 0 Å². The molecule has 0 aliphatic rings. The Morgan fingerprint density at radius 1 is 1.25 bits per heavy atom. The topological polar surface area (TPSA) is 70.0 Å². The standard InChI is InChI=1S/C12H13F3N2O2S/c1-8(2)10(7-16)17-20(18,19)11-6-4-3-5-9(11)12(13,14)15/h3-6,8,10,17H,1-2H3. The van der Waals surface area contributed by atoms with E-state index in [4.69, 9.17) is 5.26 Å².